The Balaban J connectivity index is 2.62. The molecule has 3 N–H and O–H groups in total. The SMILES string of the molecule is CCOc1ccc(C(C)NC(=O)[C@H](N)C(C)C)cc1. The predicted molar refractivity (Wildman–Crippen MR) is 77.0 cm³/mol. The third-order valence-corrected chi connectivity index (χ3v) is 3.07. The van der Waals surface area contributed by atoms with Gasteiger partial charge in [-0.1, -0.05) is 26.0 Å². The molecule has 2 atom stereocenters. The molecule has 19 heavy (non-hydrogen) atoms. The zero-order valence-corrected chi connectivity index (χ0v) is 12.1. The molecule has 0 heterocycles. The lowest BCUT2D eigenvalue weighted by Gasteiger charge is -2.20. The maximum Gasteiger partial charge on any atom is 0.237 e. The second kappa shape index (κ2) is 7.14. The molecule has 0 aliphatic rings. The normalized spacial score (nSPS) is 14.0. The smallest absolute Gasteiger partial charge is 0.237 e. The van der Waals surface area contributed by atoms with E-state index in [2.05, 4.69) is 5.32 Å². The number of benzene rings is 1. The van der Waals surface area contributed by atoms with Crippen molar-refractivity contribution in [1.29, 1.82) is 0 Å². The molecule has 1 amide bonds. The van der Waals surface area contributed by atoms with Crippen molar-refractivity contribution in [3.8, 4) is 5.75 Å². The summed E-state index contributed by atoms with van der Waals surface area (Å²) in [6, 6.07) is 7.19. The van der Waals surface area contributed by atoms with Crippen LogP contribution in [0.5, 0.6) is 5.75 Å². The number of ether oxygens (including phenoxy) is 1. The molecular formula is C15H24N2O2. The molecule has 0 radical (unpaired) electrons. The zero-order valence-electron chi connectivity index (χ0n) is 12.1. The van der Waals surface area contributed by atoms with Crippen LogP contribution in [0.4, 0.5) is 0 Å². The van der Waals surface area contributed by atoms with Gasteiger partial charge in [0, 0.05) is 0 Å². The fraction of sp³-hybridized carbons (Fsp3) is 0.533. The molecule has 0 saturated heterocycles. The van der Waals surface area contributed by atoms with Gasteiger partial charge in [-0.05, 0) is 37.5 Å². The summed E-state index contributed by atoms with van der Waals surface area (Å²) in [6.07, 6.45) is 0. The van der Waals surface area contributed by atoms with Crippen LogP contribution in [0.3, 0.4) is 0 Å². The summed E-state index contributed by atoms with van der Waals surface area (Å²) < 4.78 is 5.38. The molecule has 1 aromatic carbocycles. The van der Waals surface area contributed by atoms with Gasteiger partial charge in [0.1, 0.15) is 5.75 Å². The van der Waals surface area contributed by atoms with Crippen molar-refractivity contribution < 1.29 is 9.53 Å². The van der Waals surface area contributed by atoms with E-state index in [4.69, 9.17) is 10.5 Å². The summed E-state index contributed by atoms with van der Waals surface area (Å²) in [5, 5.41) is 2.92. The van der Waals surface area contributed by atoms with E-state index in [1.165, 1.54) is 0 Å². The van der Waals surface area contributed by atoms with Crippen LogP contribution >= 0.6 is 0 Å². The van der Waals surface area contributed by atoms with E-state index >= 15 is 0 Å². The number of amides is 1. The van der Waals surface area contributed by atoms with Crippen LogP contribution in [-0.2, 0) is 4.79 Å². The van der Waals surface area contributed by atoms with Crippen molar-refractivity contribution in [2.75, 3.05) is 6.61 Å². The highest BCUT2D eigenvalue weighted by Crippen LogP contribution is 2.17. The van der Waals surface area contributed by atoms with Crippen molar-refractivity contribution >= 4 is 5.91 Å². The zero-order chi connectivity index (χ0) is 14.4. The fourth-order valence-electron chi connectivity index (χ4n) is 1.72. The first-order chi connectivity index (χ1) is 8.95. The molecule has 4 heteroatoms. The van der Waals surface area contributed by atoms with E-state index in [0.29, 0.717) is 6.61 Å². The maximum atomic E-state index is 11.9. The van der Waals surface area contributed by atoms with E-state index in [0.717, 1.165) is 11.3 Å². The summed E-state index contributed by atoms with van der Waals surface area (Å²) in [7, 11) is 0. The standard InChI is InChI=1S/C15H24N2O2/c1-5-19-13-8-6-12(7-9-13)11(4)17-15(18)14(16)10(2)3/h6-11,14H,5,16H2,1-4H3,(H,17,18)/t11?,14-/m1/s1. The number of hydrogen-bond acceptors (Lipinski definition) is 3. The Labute approximate surface area is 115 Å². The molecule has 1 rings (SSSR count). The quantitative estimate of drug-likeness (QED) is 0.828. The van der Waals surface area contributed by atoms with Crippen LogP contribution in [0.1, 0.15) is 39.3 Å². The van der Waals surface area contributed by atoms with Crippen molar-refractivity contribution in [1.82, 2.24) is 5.32 Å². The second-order valence-electron chi connectivity index (χ2n) is 5.00. The average molecular weight is 264 g/mol. The van der Waals surface area contributed by atoms with Crippen molar-refractivity contribution in [2.24, 2.45) is 11.7 Å². The minimum atomic E-state index is -0.467. The number of hydrogen-bond donors (Lipinski definition) is 2. The average Bonchev–Trinajstić information content (AvgIpc) is 2.38. The van der Waals surface area contributed by atoms with Crippen LogP contribution in [0.25, 0.3) is 0 Å². The first-order valence-corrected chi connectivity index (χ1v) is 6.74. The number of rotatable bonds is 6. The van der Waals surface area contributed by atoms with E-state index in [9.17, 15) is 4.79 Å². The Morgan fingerprint density at radius 2 is 1.84 bits per heavy atom. The number of nitrogens with one attached hydrogen (secondary N) is 1. The van der Waals surface area contributed by atoms with Gasteiger partial charge in [-0.25, -0.2) is 0 Å². The summed E-state index contributed by atoms with van der Waals surface area (Å²) in [4.78, 5) is 11.9. The molecule has 4 nitrogen and oxygen atoms in total. The van der Waals surface area contributed by atoms with Crippen LogP contribution in [0.2, 0.25) is 0 Å². The van der Waals surface area contributed by atoms with Crippen LogP contribution in [-0.4, -0.2) is 18.6 Å². The summed E-state index contributed by atoms with van der Waals surface area (Å²) in [5.41, 5.74) is 6.85. The van der Waals surface area contributed by atoms with Crippen molar-refractivity contribution in [2.45, 2.75) is 39.8 Å². The van der Waals surface area contributed by atoms with Gasteiger partial charge in [0.2, 0.25) is 5.91 Å². The van der Waals surface area contributed by atoms with Gasteiger partial charge in [0.05, 0.1) is 18.7 Å². The van der Waals surface area contributed by atoms with Gasteiger partial charge in [0.25, 0.3) is 0 Å². The fourth-order valence-corrected chi connectivity index (χ4v) is 1.72. The predicted octanol–water partition coefficient (Wildman–Crippen LogP) is 2.25. The highest BCUT2D eigenvalue weighted by molar-refractivity contribution is 5.82. The maximum absolute atomic E-state index is 11.9. The van der Waals surface area contributed by atoms with Gasteiger partial charge in [-0.2, -0.15) is 0 Å². The van der Waals surface area contributed by atoms with Crippen LogP contribution < -0.4 is 15.8 Å². The van der Waals surface area contributed by atoms with Gasteiger partial charge in [0.15, 0.2) is 0 Å². The first-order valence-electron chi connectivity index (χ1n) is 6.74. The minimum Gasteiger partial charge on any atom is -0.494 e. The number of nitrogens with two attached hydrogens (primary N) is 1. The molecule has 0 aliphatic carbocycles. The lowest BCUT2D eigenvalue weighted by molar-refractivity contribution is -0.123. The second-order valence-corrected chi connectivity index (χ2v) is 5.00. The van der Waals surface area contributed by atoms with Crippen molar-refractivity contribution in [3.05, 3.63) is 29.8 Å². The van der Waals surface area contributed by atoms with Crippen LogP contribution in [0, 0.1) is 5.92 Å². The van der Waals surface area contributed by atoms with Gasteiger partial charge < -0.3 is 15.8 Å². The number of carbonyl (C=O) groups excluding carboxylic acids is 1. The summed E-state index contributed by atoms with van der Waals surface area (Å²) in [6.45, 7) is 8.41. The Kier molecular flexibility index (Phi) is 5.83. The summed E-state index contributed by atoms with van der Waals surface area (Å²) >= 11 is 0. The minimum absolute atomic E-state index is 0.0621. The number of carbonyl (C=O) groups is 1. The van der Waals surface area contributed by atoms with Crippen LogP contribution in [0.15, 0.2) is 24.3 Å². The molecular weight excluding hydrogens is 240 g/mol. The Bertz CT molecular complexity index is 401. The third-order valence-electron chi connectivity index (χ3n) is 3.07. The largest absolute Gasteiger partial charge is 0.494 e. The van der Waals surface area contributed by atoms with E-state index < -0.39 is 6.04 Å². The highest BCUT2D eigenvalue weighted by Gasteiger charge is 2.19. The summed E-state index contributed by atoms with van der Waals surface area (Å²) in [5.74, 6) is 0.854. The van der Waals surface area contributed by atoms with Gasteiger partial charge in [-0.3, -0.25) is 4.79 Å². The molecule has 1 aromatic rings. The van der Waals surface area contributed by atoms with Gasteiger partial charge >= 0.3 is 0 Å². The topological polar surface area (TPSA) is 64.3 Å². The Morgan fingerprint density at radius 3 is 2.32 bits per heavy atom. The van der Waals surface area contributed by atoms with E-state index in [1.807, 2.05) is 52.0 Å². The molecule has 0 spiro atoms. The highest BCUT2D eigenvalue weighted by atomic mass is 16.5. The van der Waals surface area contributed by atoms with Crippen molar-refractivity contribution in [3.63, 3.8) is 0 Å². The van der Waals surface area contributed by atoms with E-state index in [-0.39, 0.29) is 17.9 Å². The monoisotopic (exact) mass is 264 g/mol. The molecule has 1 unspecified atom stereocenters. The molecule has 0 aliphatic heterocycles. The lowest BCUT2D eigenvalue weighted by Crippen LogP contribution is -2.44. The van der Waals surface area contributed by atoms with Gasteiger partial charge in [-0.15, -0.1) is 0 Å². The molecule has 0 fully saturated rings. The third kappa shape index (κ3) is 4.56. The molecule has 0 bridgehead atoms. The lowest BCUT2D eigenvalue weighted by atomic mass is 10.0. The molecule has 0 aromatic heterocycles. The molecule has 0 saturated carbocycles. The molecule has 106 valence electrons. The van der Waals surface area contributed by atoms with E-state index in [1.54, 1.807) is 0 Å². The Morgan fingerprint density at radius 1 is 1.26 bits per heavy atom. The Hall–Kier alpha value is -1.55. The first kappa shape index (κ1) is 15.5.